The third kappa shape index (κ3) is 3.71. The van der Waals surface area contributed by atoms with Gasteiger partial charge in [-0.15, -0.1) is 0 Å². The smallest absolute Gasteiger partial charge is 0.256 e. The Balaban J connectivity index is 1.55. The average Bonchev–Trinajstić information content (AvgIpc) is 3.11. The molecule has 0 bridgehead atoms. The van der Waals surface area contributed by atoms with Crippen LogP contribution in [0, 0.1) is 11.7 Å². The summed E-state index contributed by atoms with van der Waals surface area (Å²) >= 11 is 0. The van der Waals surface area contributed by atoms with E-state index in [2.05, 4.69) is 5.32 Å². The number of nitrogens with one attached hydrogen (secondary N) is 1. The van der Waals surface area contributed by atoms with Gasteiger partial charge in [0.2, 0.25) is 5.91 Å². The van der Waals surface area contributed by atoms with Gasteiger partial charge in [0.15, 0.2) is 0 Å². The molecule has 2 saturated heterocycles. The second kappa shape index (κ2) is 7.31. The van der Waals surface area contributed by atoms with Crippen molar-refractivity contribution in [1.82, 2.24) is 15.1 Å². The highest BCUT2D eigenvalue weighted by molar-refractivity contribution is 5.94. The van der Waals surface area contributed by atoms with Crippen LogP contribution in [0.1, 0.15) is 23.7 Å². The maximum Gasteiger partial charge on any atom is 0.256 e. The first-order valence-corrected chi connectivity index (χ1v) is 8.54. The van der Waals surface area contributed by atoms with Crippen molar-refractivity contribution in [3.63, 3.8) is 0 Å². The normalized spacial score (nSPS) is 23.6. The molecule has 0 aromatic heterocycles. The minimum Gasteiger partial charge on any atom is -0.338 e. The quantitative estimate of drug-likeness (QED) is 0.873. The van der Waals surface area contributed by atoms with E-state index in [0.29, 0.717) is 39.1 Å². The van der Waals surface area contributed by atoms with Crippen LogP contribution in [0.15, 0.2) is 24.3 Å². The number of Topliss-reactive ketones (excluding diaryl/α,β-unsaturated/α-hetero) is 1. The summed E-state index contributed by atoms with van der Waals surface area (Å²) in [6.45, 7) is 3.68. The van der Waals surface area contributed by atoms with Gasteiger partial charge in [0, 0.05) is 38.6 Å². The van der Waals surface area contributed by atoms with Gasteiger partial charge >= 0.3 is 0 Å². The fourth-order valence-corrected chi connectivity index (χ4v) is 3.39. The van der Waals surface area contributed by atoms with Crippen molar-refractivity contribution >= 4 is 17.6 Å². The summed E-state index contributed by atoms with van der Waals surface area (Å²) in [6.07, 6.45) is 0.530. The van der Waals surface area contributed by atoms with Crippen LogP contribution < -0.4 is 5.32 Å². The maximum absolute atomic E-state index is 13.8. The van der Waals surface area contributed by atoms with Crippen LogP contribution in [0.3, 0.4) is 0 Å². The summed E-state index contributed by atoms with van der Waals surface area (Å²) in [4.78, 5) is 39.7. The van der Waals surface area contributed by atoms with E-state index >= 15 is 0 Å². The average molecular weight is 347 g/mol. The van der Waals surface area contributed by atoms with E-state index in [1.54, 1.807) is 28.9 Å². The zero-order valence-corrected chi connectivity index (χ0v) is 14.2. The molecule has 2 atom stereocenters. The first-order chi connectivity index (χ1) is 12.0. The van der Waals surface area contributed by atoms with Gasteiger partial charge in [0.25, 0.3) is 5.91 Å². The van der Waals surface area contributed by atoms with E-state index in [0.717, 1.165) is 0 Å². The van der Waals surface area contributed by atoms with E-state index < -0.39 is 5.82 Å². The molecule has 7 heteroatoms. The molecule has 2 amide bonds. The van der Waals surface area contributed by atoms with E-state index in [4.69, 9.17) is 0 Å². The molecule has 1 aromatic carbocycles. The molecule has 0 aliphatic carbocycles. The largest absolute Gasteiger partial charge is 0.338 e. The van der Waals surface area contributed by atoms with Gasteiger partial charge in [-0.2, -0.15) is 0 Å². The van der Waals surface area contributed by atoms with E-state index in [-0.39, 0.29) is 35.1 Å². The predicted molar refractivity (Wildman–Crippen MR) is 89.5 cm³/mol. The zero-order chi connectivity index (χ0) is 18.0. The Labute approximate surface area is 146 Å². The maximum atomic E-state index is 13.8. The van der Waals surface area contributed by atoms with Crippen molar-refractivity contribution in [1.29, 1.82) is 0 Å². The highest BCUT2D eigenvalue weighted by Crippen LogP contribution is 2.18. The second-order valence-corrected chi connectivity index (χ2v) is 6.60. The number of halogens is 1. The molecule has 2 aliphatic rings. The Hall–Kier alpha value is -2.28. The lowest BCUT2D eigenvalue weighted by Gasteiger charge is -2.36. The van der Waals surface area contributed by atoms with Gasteiger partial charge < -0.3 is 15.1 Å². The molecule has 3 rings (SSSR count). The van der Waals surface area contributed by atoms with Gasteiger partial charge in [0.05, 0.1) is 11.6 Å². The molecule has 0 saturated carbocycles. The molecule has 134 valence electrons. The third-order valence-corrected chi connectivity index (χ3v) is 4.99. The molecular weight excluding hydrogens is 325 g/mol. The summed E-state index contributed by atoms with van der Waals surface area (Å²) in [6, 6.07) is 5.59. The molecular formula is C18H22FN3O3. The summed E-state index contributed by atoms with van der Waals surface area (Å²) in [5, 5.41) is 3.11. The van der Waals surface area contributed by atoms with E-state index in [9.17, 15) is 18.8 Å². The first kappa shape index (κ1) is 17.5. The number of carbonyl (C=O) groups excluding carboxylic acids is 3. The number of hydrogen-bond donors (Lipinski definition) is 1. The van der Waals surface area contributed by atoms with Crippen molar-refractivity contribution in [2.24, 2.45) is 5.92 Å². The zero-order valence-electron chi connectivity index (χ0n) is 14.2. The van der Waals surface area contributed by atoms with Crippen molar-refractivity contribution in [2.75, 3.05) is 32.7 Å². The number of piperazine rings is 1. The molecule has 6 nitrogen and oxygen atoms in total. The fourth-order valence-electron chi connectivity index (χ4n) is 3.39. The SMILES string of the molecule is CC(=O)C1CNC(C(=O)N2CCN(C(=O)c3ccccc3F)CC2)C1. The second-order valence-electron chi connectivity index (χ2n) is 6.60. The minimum absolute atomic E-state index is 0.0262. The van der Waals surface area contributed by atoms with Crippen LogP contribution in [0.4, 0.5) is 4.39 Å². The van der Waals surface area contributed by atoms with Crippen LogP contribution in [0.2, 0.25) is 0 Å². The number of nitrogens with zero attached hydrogens (tertiary/aromatic N) is 2. The van der Waals surface area contributed by atoms with Gasteiger partial charge in [-0.25, -0.2) is 4.39 Å². The number of carbonyl (C=O) groups is 3. The fraction of sp³-hybridized carbons (Fsp3) is 0.500. The number of hydrogen-bond acceptors (Lipinski definition) is 4. The molecule has 0 spiro atoms. The Bertz CT molecular complexity index is 686. The standard InChI is InChI=1S/C18H22FN3O3/c1-12(23)13-10-16(20-11-13)18(25)22-8-6-21(7-9-22)17(24)14-4-2-3-5-15(14)19/h2-5,13,16,20H,6-11H2,1H3. The topological polar surface area (TPSA) is 69.7 Å². The van der Waals surface area contributed by atoms with Gasteiger partial charge in [-0.1, -0.05) is 12.1 Å². The Morgan fingerprint density at radius 1 is 1.08 bits per heavy atom. The van der Waals surface area contributed by atoms with Crippen molar-refractivity contribution in [3.8, 4) is 0 Å². The summed E-state index contributed by atoms with van der Waals surface area (Å²) < 4.78 is 13.8. The summed E-state index contributed by atoms with van der Waals surface area (Å²) in [5.74, 6) is -0.903. The third-order valence-electron chi connectivity index (χ3n) is 4.99. The molecule has 2 unspecified atom stereocenters. The molecule has 2 aliphatic heterocycles. The van der Waals surface area contributed by atoms with Crippen LogP contribution in [-0.2, 0) is 9.59 Å². The molecule has 2 heterocycles. The molecule has 2 fully saturated rings. The molecule has 1 aromatic rings. The molecule has 1 N–H and O–H groups in total. The van der Waals surface area contributed by atoms with E-state index in [1.807, 2.05) is 0 Å². The molecule has 25 heavy (non-hydrogen) atoms. The van der Waals surface area contributed by atoms with Crippen molar-refractivity contribution in [3.05, 3.63) is 35.6 Å². The highest BCUT2D eigenvalue weighted by atomic mass is 19.1. The Morgan fingerprint density at radius 2 is 1.72 bits per heavy atom. The van der Waals surface area contributed by atoms with Crippen molar-refractivity contribution in [2.45, 2.75) is 19.4 Å². The lowest BCUT2D eigenvalue weighted by atomic mass is 10.0. The Kier molecular flexibility index (Phi) is 5.13. The Morgan fingerprint density at radius 3 is 2.32 bits per heavy atom. The highest BCUT2D eigenvalue weighted by Gasteiger charge is 2.35. The van der Waals surface area contributed by atoms with Crippen LogP contribution in [0.25, 0.3) is 0 Å². The number of amides is 2. The van der Waals surface area contributed by atoms with Crippen LogP contribution in [0.5, 0.6) is 0 Å². The predicted octanol–water partition coefficient (Wildman–Crippen LogP) is 0.677. The minimum atomic E-state index is -0.531. The van der Waals surface area contributed by atoms with Gasteiger partial charge in [-0.05, 0) is 25.5 Å². The van der Waals surface area contributed by atoms with Crippen molar-refractivity contribution < 1.29 is 18.8 Å². The summed E-state index contributed by atoms with van der Waals surface area (Å²) in [7, 11) is 0. The number of rotatable bonds is 3. The lowest BCUT2D eigenvalue weighted by Crippen LogP contribution is -2.54. The van der Waals surface area contributed by atoms with Gasteiger partial charge in [-0.3, -0.25) is 14.4 Å². The number of benzene rings is 1. The monoisotopic (exact) mass is 347 g/mol. The van der Waals surface area contributed by atoms with Gasteiger partial charge in [0.1, 0.15) is 11.6 Å². The molecule has 0 radical (unpaired) electrons. The lowest BCUT2D eigenvalue weighted by molar-refractivity contribution is -0.134. The van der Waals surface area contributed by atoms with E-state index in [1.165, 1.54) is 12.1 Å². The van der Waals surface area contributed by atoms with Crippen LogP contribution in [-0.4, -0.2) is 66.2 Å². The first-order valence-electron chi connectivity index (χ1n) is 8.54. The number of ketones is 1. The summed E-state index contributed by atoms with van der Waals surface area (Å²) in [5.41, 5.74) is 0.0593. The van der Waals surface area contributed by atoms with Crippen LogP contribution >= 0.6 is 0 Å².